The van der Waals surface area contributed by atoms with Crippen LogP contribution < -0.4 is 0 Å². The quantitative estimate of drug-likeness (QED) is 0.387. The van der Waals surface area contributed by atoms with Gasteiger partial charge in [0.25, 0.3) is 0 Å². The Hall–Kier alpha value is -1.15. The normalized spacial score (nSPS) is 53.3. The Bertz CT molecular complexity index is 958. The fraction of sp³-hybridized carbons (Fsp3) is 0.931. The van der Waals surface area contributed by atoms with E-state index in [9.17, 15) is 22.8 Å². The molecular weight excluding hydrogens is 485 g/mol. The Morgan fingerprint density at radius 3 is 2.46 bits per heavy atom. The summed E-state index contributed by atoms with van der Waals surface area (Å²) in [6, 6.07) is 0. The van der Waals surface area contributed by atoms with E-state index >= 15 is 0 Å². The number of fused-ring (bicyclic) bond motifs is 7. The number of hydrogen-bond acceptors (Lipinski definition) is 5. The molecule has 4 aliphatic carbocycles. The van der Waals surface area contributed by atoms with Crippen LogP contribution in [0.1, 0.15) is 85.5 Å². The molecule has 0 amide bonds. The third-order valence-corrected chi connectivity index (χ3v) is 12.1. The number of ether oxygens (including phenoxy) is 3. The molecule has 2 aliphatic heterocycles. The molecule has 8 heteroatoms. The SMILES string of the molecule is C[C@@H]1CC[C@@]2(OC1)O[C@@H]1C[C@@H]3[C@@H]4CC[C@@H]5C[C@@H](OC(=O)C(F)(F)F)CC[C@]5(C)[C@@H]4C(=O)C[C@]3(C)[C@H]1[C@@H]2C. The highest BCUT2D eigenvalue weighted by atomic mass is 19.4. The number of Topliss-reactive ketones (excluding diaryl/α,β-unsaturated/α-hetero) is 1. The molecule has 2 heterocycles. The molecule has 0 bridgehead atoms. The van der Waals surface area contributed by atoms with Gasteiger partial charge in [-0.2, -0.15) is 13.2 Å². The molecule has 0 aromatic heterocycles. The number of carbonyl (C=O) groups excluding carboxylic acids is 2. The van der Waals surface area contributed by atoms with Gasteiger partial charge < -0.3 is 14.2 Å². The fourth-order valence-corrected chi connectivity index (χ4v) is 10.4. The number of hydrogen-bond donors (Lipinski definition) is 0. The molecule has 37 heavy (non-hydrogen) atoms. The summed E-state index contributed by atoms with van der Waals surface area (Å²) >= 11 is 0. The van der Waals surface area contributed by atoms with Gasteiger partial charge in [0.05, 0.1) is 12.7 Å². The molecule has 0 N–H and O–H groups in total. The van der Waals surface area contributed by atoms with E-state index in [4.69, 9.17) is 14.2 Å². The van der Waals surface area contributed by atoms with E-state index in [-0.39, 0.29) is 40.6 Å². The average Bonchev–Trinajstić information content (AvgIpc) is 3.25. The van der Waals surface area contributed by atoms with Gasteiger partial charge >= 0.3 is 12.1 Å². The maximum Gasteiger partial charge on any atom is 0.490 e. The minimum atomic E-state index is -4.97. The van der Waals surface area contributed by atoms with Gasteiger partial charge in [-0.1, -0.05) is 27.7 Å². The number of alkyl halides is 3. The van der Waals surface area contributed by atoms with Gasteiger partial charge in [0.2, 0.25) is 0 Å². The minimum Gasteiger partial charge on any atom is -0.456 e. The highest BCUT2D eigenvalue weighted by Gasteiger charge is 2.70. The lowest BCUT2D eigenvalue weighted by atomic mass is 9.44. The van der Waals surface area contributed by atoms with Gasteiger partial charge in [0, 0.05) is 24.7 Å². The maximum absolute atomic E-state index is 14.0. The van der Waals surface area contributed by atoms with Crippen LogP contribution in [0.15, 0.2) is 0 Å². The molecule has 208 valence electrons. The molecule has 1 spiro atoms. The largest absolute Gasteiger partial charge is 0.490 e. The van der Waals surface area contributed by atoms with Crippen LogP contribution >= 0.6 is 0 Å². The second-order valence-corrected chi connectivity index (χ2v) is 13.9. The molecule has 6 aliphatic rings. The highest BCUT2D eigenvalue weighted by molar-refractivity contribution is 5.84. The first-order valence-corrected chi connectivity index (χ1v) is 14.4. The van der Waals surface area contributed by atoms with Crippen molar-refractivity contribution in [2.24, 2.45) is 52.3 Å². The van der Waals surface area contributed by atoms with Gasteiger partial charge in [-0.15, -0.1) is 0 Å². The summed E-state index contributed by atoms with van der Waals surface area (Å²) in [7, 11) is 0. The van der Waals surface area contributed by atoms with Gasteiger partial charge in [-0.05, 0) is 85.4 Å². The molecule has 5 nitrogen and oxygen atoms in total. The molecule has 4 saturated carbocycles. The van der Waals surface area contributed by atoms with Crippen molar-refractivity contribution in [3.05, 3.63) is 0 Å². The van der Waals surface area contributed by atoms with Crippen molar-refractivity contribution >= 4 is 11.8 Å². The Morgan fingerprint density at radius 1 is 1.03 bits per heavy atom. The Kier molecular flexibility index (Phi) is 5.94. The Morgan fingerprint density at radius 2 is 1.78 bits per heavy atom. The van der Waals surface area contributed by atoms with Gasteiger partial charge in [-0.25, -0.2) is 4.79 Å². The molecule has 0 radical (unpaired) electrons. The molecule has 6 rings (SSSR count). The summed E-state index contributed by atoms with van der Waals surface area (Å²) < 4.78 is 56.3. The van der Waals surface area contributed by atoms with Crippen molar-refractivity contribution in [3.8, 4) is 0 Å². The zero-order valence-electron chi connectivity index (χ0n) is 22.4. The lowest BCUT2D eigenvalue weighted by Crippen LogP contribution is -2.58. The highest BCUT2D eigenvalue weighted by Crippen LogP contribution is 2.70. The van der Waals surface area contributed by atoms with Crippen LogP contribution in [0.25, 0.3) is 0 Å². The second-order valence-electron chi connectivity index (χ2n) is 13.9. The zero-order chi connectivity index (χ0) is 26.5. The molecule has 0 aromatic carbocycles. The summed E-state index contributed by atoms with van der Waals surface area (Å²) in [5.41, 5.74) is -0.364. The fourth-order valence-electron chi connectivity index (χ4n) is 10.4. The average molecular weight is 527 g/mol. The molecular formula is C29H41F3O5. The lowest BCUT2D eigenvalue weighted by Gasteiger charge is -2.60. The van der Waals surface area contributed by atoms with E-state index < -0.39 is 24.0 Å². The van der Waals surface area contributed by atoms with Crippen LogP contribution in [-0.2, 0) is 23.8 Å². The Labute approximate surface area is 217 Å². The standard InChI is InChI=1S/C29H41F3O5/c1-15-7-10-28(35-14-15)16(2)23-22(37-28)12-20-19-6-5-17-11-18(36-25(34)29(30,31)32)8-9-26(17,3)24(19)21(33)13-27(20,23)4/h15-20,22-24H,5-14H2,1-4H3/t15-,16+,17-,18+,19+,20-,22-,23+,24+,26+,27+,28-/m1/s1. The molecule has 0 aromatic rings. The van der Waals surface area contributed by atoms with Crippen molar-refractivity contribution < 1.29 is 37.0 Å². The maximum atomic E-state index is 14.0. The molecule has 0 unspecified atom stereocenters. The van der Waals surface area contributed by atoms with Gasteiger partial charge in [-0.3, -0.25) is 4.79 Å². The van der Waals surface area contributed by atoms with Crippen LogP contribution in [0.4, 0.5) is 13.2 Å². The Balaban J connectivity index is 1.20. The van der Waals surface area contributed by atoms with Crippen molar-refractivity contribution in [3.63, 3.8) is 0 Å². The monoisotopic (exact) mass is 526 g/mol. The topological polar surface area (TPSA) is 61.8 Å². The van der Waals surface area contributed by atoms with Crippen LogP contribution in [-0.4, -0.2) is 42.5 Å². The first-order valence-electron chi connectivity index (χ1n) is 14.4. The smallest absolute Gasteiger partial charge is 0.456 e. The van der Waals surface area contributed by atoms with E-state index in [2.05, 4.69) is 27.7 Å². The number of rotatable bonds is 1. The van der Waals surface area contributed by atoms with E-state index in [1.54, 1.807) is 0 Å². The van der Waals surface area contributed by atoms with E-state index in [0.29, 0.717) is 49.2 Å². The first kappa shape index (κ1) is 26.1. The molecule has 2 saturated heterocycles. The van der Waals surface area contributed by atoms with Crippen molar-refractivity contribution in [2.45, 2.75) is 110 Å². The van der Waals surface area contributed by atoms with Gasteiger partial charge in [0.1, 0.15) is 11.9 Å². The third-order valence-electron chi connectivity index (χ3n) is 12.1. The van der Waals surface area contributed by atoms with Crippen molar-refractivity contribution in [1.82, 2.24) is 0 Å². The van der Waals surface area contributed by atoms with Crippen LogP contribution in [0, 0.1) is 52.3 Å². The van der Waals surface area contributed by atoms with E-state index in [1.165, 1.54) is 0 Å². The minimum absolute atomic E-state index is 0.0709. The summed E-state index contributed by atoms with van der Waals surface area (Å²) in [5.74, 6) is -0.464. The van der Waals surface area contributed by atoms with Crippen LogP contribution in [0.3, 0.4) is 0 Å². The predicted octanol–water partition coefficient (Wildman–Crippen LogP) is 6.09. The van der Waals surface area contributed by atoms with Crippen molar-refractivity contribution in [1.29, 1.82) is 0 Å². The summed E-state index contributed by atoms with van der Waals surface area (Å²) in [6.07, 6.45) is 1.17. The molecule has 6 fully saturated rings. The number of ketones is 1. The second kappa shape index (κ2) is 8.42. The zero-order valence-corrected chi connectivity index (χ0v) is 22.4. The van der Waals surface area contributed by atoms with Crippen LogP contribution in [0.2, 0.25) is 0 Å². The van der Waals surface area contributed by atoms with E-state index in [0.717, 1.165) is 38.7 Å². The summed E-state index contributed by atoms with van der Waals surface area (Å²) in [4.78, 5) is 25.5. The van der Waals surface area contributed by atoms with Crippen molar-refractivity contribution in [2.75, 3.05) is 6.61 Å². The van der Waals surface area contributed by atoms with Gasteiger partial charge in [0.15, 0.2) is 5.79 Å². The lowest BCUT2D eigenvalue weighted by molar-refractivity contribution is -0.272. The number of esters is 1. The van der Waals surface area contributed by atoms with E-state index in [1.807, 2.05) is 0 Å². The number of halogens is 3. The number of carbonyl (C=O) groups is 2. The predicted molar refractivity (Wildman–Crippen MR) is 128 cm³/mol. The third kappa shape index (κ3) is 3.77. The summed E-state index contributed by atoms with van der Waals surface area (Å²) in [5, 5.41) is 0. The first-order chi connectivity index (χ1) is 17.3. The van der Waals surface area contributed by atoms with Crippen LogP contribution in [0.5, 0.6) is 0 Å². The summed E-state index contributed by atoms with van der Waals surface area (Å²) in [6.45, 7) is 9.72. The molecule has 12 atom stereocenters.